The van der Waals surface area contributed by atoms with Crippen LogP contribution in [0, 0.1) is 5.82 Å². The number of phenols is 1. The molecule has 3 nitrogen and oxygen atoms in total. The van der Waals surface area contributed by atoms with Gasteiger partial charge in [0.2, 0.25) is 0 Å². The van der Waals surface area contributed by atoms with Crippen LogP contribution in [-0.4, -0.2) is 17.1 Å². The van der Waals surface area contributed by atoms with Gasteiger partial charge >= 0.3 is 0 Å². The summed E-state index contributed by atoms with van der Waals surface area (Å²) >= 11 is 1.63. The summed E-state index contributed by atoms with van der Waals surface area (Å²) in [6, 6.07) is 12.1. The van der Waals surface area contributed by atoms with E-state index in [9.17, 15) is 9.50 Å². The molecule has 0 radical (unpaired) electrons. The number of hydrogen-bond donors (Lipinski definition) is 2. The van der Waals surface area contributed by atoms with Gasteiger partial charge in [-0.1, -0.05) is 12.1 Å². The Bertz CT molecular complexity index is 719. The van der Waals surface area contributed by atoms with E-state index in [1.54, 1.807) is 17.4 Å². The van der Waals surface area contributed by atoms with Crippen molar-refractivity contribution in [1.29, 1.82) is 0 Å². The van der Waals surface area contributed by atoms with E-state index >= 15 is 0 Å². The van der Waals surface area contributed by atoms with Crippen molar-refractivity contribution in [3.8, 4) is 5.75 Å². The van der Waals surface area contributed by atoms with E-state index in [-0.39, 0.29) is 11.8 Å². The van der Waals surface area contributed by atoms with Crippen LogP contribution < -0.4 is 5.32 Å². The predicted molar refractivity (Wildman–Crippen MR) is 83.2 cm³/mol. The third-order valence-electron chi connectivity index (χ3n) is 3.34. The summed E-state index contributed by atoms with van der Waals surface area (Å²) in [5, 5.41) is 13.7. The summed E-state index contributed by atoms with van der Waals surface area (Å²) in [6.45, 7) is 0. The molecule has 1 unspecified atom stereocenters. The number of fused-ring (bicyclic) bond motifs is 1. The van der Waals surface area contributed by atoms with Gasteiger partial charge in [0, 0.05) is 6.07 Å². The smallest absolute Gasteiger partial charge is 0.127 e. The Morgan fingerprint density at radius 3 is 2.81 bits per heavy atom. The number of aromatic hydroxyl groups is 1. The number of para-hydroxylation sites is 1. The molecule has 2 aromatic carbocycles. The minimum atomic E-state index is -0.427. The van der Waals surface area contributed by atoms with Gasteiger partial charge in [-0.3, -0.25) is 0 Å². The first-order chi connectivity index (χ1) is 10.2. The zero-order valence-corrected chi connectivity index (χ0v) is 12.3. The van der Waals surface area contributed by atoms with Crippen LogP contribution in [0.1, 0.15) is 16.6 Å². The number of aromatic nitrogens is 1. The fraction of sp³-hybridized carbons (Fsp3) is 0.188. The molecule has 0 spiro atoms. The molecule has 0 saturated carbocycles. The minimum Gasteiger partial charge on any atom is -0.508 e. The lowest BCUT2D eigenvalue weighted by molar-refractivity contribution is 0.467. The highest BCUT2D eigenvalue weighted by Gasteiger charge is 2.16. The maximum atomic E-state index is 13.4. The Hall–Kier alpha value is -1.98. The largest absolute Gasteiger partial charge is 0.508 e. The first kappa shape index (κ1) is 14.0. The van der Waals surface area contributed by atoms with E-state index in [1.807, 2.05) is 31.3 Å². The van der Waals surface area contributed by atoms with Gasteiger partial charge in [-0.2, -0.15) is 0 Å². The molecule has 1 aromatic heterocycles. The van der Waals surface area contributed by atoms with E-state index in [0.717, 1.165) is 26.9 Å². The average molecular weight is 302 g/mol. The lowest BCUT2D eigenvalue weighted by Gasteiger charge is -2.13. The third-order valence-corrected chi connectivity index (χ3v) is 4.49. The summed E-state index contributed by atoms with van der Waals surface area (Å²) < 4.78 is 14.5. The highest BCUT2D eigenvalue weighted by molar-refractivity contribution is 7.18. The van der Waals surface area contributed by atoms with Crippen molar-refractivity contribution >= 4 is 21.6 Å². The van der Waals surface area contributed by atoms with Crippen molar-refractivity contribution in [3.63, 3.8) is 0 Å². The molecule has 2 N–H and O–H groups in total. The number of nitrogens with one attached hydrogen (secondary N) is 1. The quantitative estimate of drug-likeness (QED) is 0.773. The maximum Gasteiger partial charge on any atom is 0.127 e. The second-order valence-electron chi connectivity index (χ2n) is 4.88. The molecule has 21 heavy (non-hydrogen) atoms. The number of rotatable bonds is 4. The lowest BCUT2D eigenvalue weighted by Crippen LogP contribution is -2.18. The zero-order valence-electron chi connectivity index (χ0n) is 11.5. The molecule has 0 aliphatic carbocycles. The van der Waals surface area contributed by atoms with Gasteiger partial charge in [-0.25, -0.2) is 9.37 Å². The Morgan fingerprint density at radius 1 is 1.29 bits per heavy atom. The molecule has 0 amide bonds. The molecule has 0 aliphatic heterocycles. The molecular formula is C16H15FN2OS. The van der Waals surface area contributed by atoms with E-state index in [2.05, 4.69) is 10.3 Å². The van der Waals surface area contributed by atoms with Crippen LogP contribution in [0.15, 0.2) is 42.5 Å². The molecule has 108 valence electrons. The maximum absolute atomic E-state index is 13.4. The van der Waals surface area contributed by atoms with Crippen molar-refractivity contribution in [2.75, 3.05) is 7.05 Å². The number of halogens is 1. The molecule has 1 heterocycles. The van der Waals surface area contributed by atoms with Crippen LogP contribution in [-0.2, 0) is 6.42 Å². The third kappa shape index (κ3) is 3.04. The second-order valence-corrected chi connectivity index (χ2v) is 5.95. The minimum absolute atomic E-state index is 0.0106. The van der Waals surface area contributed by atoms with Gasteiger partial charge in [0.25, 0.3) is 0 Å². The topological polar surface area (TPSA) is 45.1 Å². The van der Waals surface area contributed by atoms with Crippen molar-refractivity contribution in [3.05, 3.63) is 58.9 Å². The van der Waals surface area contributed by atoms with E-state index in [4.69, 9.17) is 0 Å². The van der Waals surface area contributed by atoms with Crippen LogP contribution >= 0.6 is 11.3 Å². The van der Waals surface area contributed by atoms with Gasteiger partial charge in [0.15, 0.2) is 0 Å². The Labute approximate surface area is 126 Å². The van der Waals surface area contributed by atoms with Crippen LogP contribution in [0.4, 0.5) is 4.39 Å². The van der Waals surface area contributed by atoms with Gasteiger partial charge in [-0.15, -0.1) is 11.3 Å². The van der Waals surface area contributed by atoms with Crippen molar-refractivity contribution in [2.45, 2.75) is 12.5 Å². The molecule has 0 fully saturated rings. The molecule has 0 saturated heterocycles. The van der Waals surface area contributed by atoms with Crippen LogP contribution in [0.25, 0.3) is 10.2 Å². The van der Waals surface area contributed by atoms with E-state index in [1.165, 1.54) is 6.07 Å². The number of hydrogen-bond acceptors (Lipinski definition) is 4. The molecule has 0 aliphatic rings. The van der Waals surface area contributed by atoms with Crippen molar-refractivity contribution in [2.24, 2.45) is 0 Å². The summed E-state index contributed by atoms with van der Waals surface area (Å²) in [6.07, 6.45) is 0.571. The van der Waals surface area contributed by atoms with E-state index < -0.39 is 5.82 Å². The second kappa shape index (κ2) is 5.79. The molecule has 1 atom stereocenters. The van der Waals surface area contributed by atoms with Gasteiger partial charge in [0.05, 0.1) is 16.3 Å². The normalized spacial score (nSPS) is 12.7. The van der Waals surface area contributed by atoms with Gasteiger partial charge in [-0.05, 0) is 43.3 Å². The summed E-state index contributed by atoms with van der Waals surface area (Å²) in [5.74, 6) is -0.478. The zero-order chi connectivity index (χ0) is 14.8. The number of nitrogens with zero attached hydrogens (tertiary/aromatic N) is 1. The van der Waals surface area contributed by atoms with Crippen LogP contribution in [0.2, 0.25) is 0 Å². The Morgan fingerprint density at radius 2 is 2.10 bits per heavy atom. The van der Waals surface area contributed by atoms with Crippen LogP contribution in [0.5, 0.6) is 5.75 Å². The fourth-order valence-electron chi connectivity index (χ4n) is 2.34. The van der Waals surface area contributed by atoms with Crippen molar-refractivity contribution < 1.29 is 9.50 Å². The first-order valence-corrected chi connectivity index (χ1v) is 7.48. The fourth-order valence-corrected chi connectivity index (χ4v) is 3.42. The SMILES string of the molecule is CNC(Cc1cc(O)cc(F)c1)c1nc2ccccc2s1. The average Bonchev–Trinajstić information content (AvgIpc) is 2.87. The number of phenolic OH excluding ortho intramolecular Hbond substituents is 1. The molecule has 5 heteroatoms. The Balaban J connectivity index is 1.90. The summed E-state index contributed by atoms with van der Waals surface area (Å²) in [7, 11) is 1.86. The Kier molecular flexibility index (Phi) is 3.86. The molecule has 0 bridgehead atoms. The first-order valence-electron chi connectivity index (χ1n) is 6.67. The molecular weight excluding hydrogens is 287 g/mol. The standard InChI is InChI=1S/C16H15FN2OS/c1-18-14(8-10-6-11(17)9-12(20)7-10)16-19-13-4-2-3-5-15(13)21-16/h2-7,9,14,18,20H,8H2,1H3. The number of benzene rings is 2. The van der Waals surface area contributed by atoms with Crippen LogP contribution in [0.3, 0.4) is 0 Å². The molecule has 3 rings (SSSR count). The van der Waals surface area contributed by atoms with Gasteiger partial charge in [0.1, 0.15) is 16.6 Å². The lowest BCUT2D eigenvalue weighted by atomic mass is 10.1. The highest BCUT2D eigenvalue weighted by Crippen LogP contribution is 2.28. The number of likely N-dealkylation sites (N-methyl/N-ethyl adjacent to an activating group) is 1. The van der Waals surface area contributed by atoms with Gasteiger partial charge < -0.3 is 10.4 Å². The number of thiazole rings is 1. The summed E-state index contributed by atoms with van der Waals surface area (Å²) in [5.41, 5.74) is 1.71. The monoisotopic (exact) mass is 302 g/mol. The van der Waals surface area contributed by atoms with Crippen molar-refractivity contribution in [1.82, 2.24) is 10.3 Å². The predicted octanol–water partition coefficient (Wildman–Crippen LogP) is 3.64. The highest BCUT2D eigenvalue weighted by atomic mass is 32.1. The van der Waals surface area contributed by atoms with E-state index in [0.29, 0.717) is 6.42 Å². The molecule has 3 aromatic rings. The summed E-state index contributed by atoms with van der Waals surface area (Å²) in [4.78, 5) is 4.62.